The van der Waals surface area contributed by atoms with Gasteiger partial charge in [0.25, 0.3) is 11.8 Å². The van der Waals surface area contributed by atoms with Gasteiger partial charge in [0.1, 0.15) is 5.82 Å². The van der Waals surface area contributed by atoms with Crippen LogP contribution in [-0.4, -0.2) is 43.4 Å². The zero-order chi connectivity index (χ0) is 23.8. The van der Waals surface area contributed by atoms with E-state index in [1.54, 1.807) is 23.7 Å². The third kappa shape index (κ3) is 4.00. The monoisotopic (exact) mass is 459 g/mol. The summed E-state index contributed by atoms with van der Waals surface area (Å²) < 4.78 is 21.0. The van der Waals surface area contributed by atoms with E-state index in [4.69, 9.17) is 9.52 Å². The lowest BCUT2D eigenvalue weighted by atomic mass is 10.0. The molecule has 0 radical (unpaired) electrons. The second-order valence-electron chi connectivity index (χ2n) is 8.76. The van der Waals surface area contributed by atoms with Crippen LogP contribution < -0.4 is 0 Å². The van der Waals surface area contributed by atoms with E-state index >= 15 is 0 Å². The van der Waals surface area contributed by atoms with Crippen molar-refractivity contribution in [3.63, 3.8) is 0 Å². The first kappa shape index (κ1) is 22.0. The normalized spacial score (nSPS) is 16.1. The first-order chi connectivity index (χ1) is 16.4. The molecule has 1 atom stereocenters. The van der Waals surface area contributed by atoms with Crippen molar-refractivity contribution < 1.29 is 13.6 Å². The van der Waals surface area contributed by atoms with E-state index in [0.717, 1.165) is 48.3 Å². The molecule has 2 aromatic carbocycles. The molecule has 1 saturated heterocycles. The van der Waals surface area contributed by atoms with Crippen LogP contribution in [0.15, 0.2) is 52.9 Å². The van der Waals surface area contributed by atoms with Gasteiger partial charge < -0.3 is 9.32 Å². The summed E-state index contributed by atoms with van der Waals surface area (Å²) in [6.45, 7) is 6.55. The predicted molar refractivity (Wildman–Crippen MR) is 126 cm³/mol. The zero-order valence-electron chi connectivity index (χ0n) is 19.5. The van der Waals surface area contributed by atoms with Crippen molar-refractivity contribution in [2.24, 2.45) is 0 Å². The van der Waals surface area contributed by atoms with Gasteiger partial charge in [-0.25, -0.2) is 9.07 Å². The molecule has 1 aliphatic rings. The van der Waals surface area contributed by atoms with Gasteiger partial charge in [-0.05, 0) is 81.6 Å². The smallest absolute Gasteiger partial charge is 0.268 e. The maximum atomic E-state index is 13.6. The van der Waals surface area contributed by atoms with Crippen LogP contribution in [0.2, 0.25) is 0 Å². The number of rotatable bonds is 4. The summed E-state index contributed by atoms with van der Waals surface area (Å²) in [4.78, 5) is 15.0. The van der Waals surface area contributed by atoms with Crippen LogP contribution in [0.5, 0.6) is 0 Å². The van der Waals surface area contributed by atoms with Crippen LogP contribution in [0.25, 0.3) is 28.5 Å². The number of amides is 1. The Morgan fingerprint density at radius 2 is 1.76 bits per heavy atom. The Morgan fingerprint density at radius 3 is 2.41 bits per heavy atom. The van der Waals surface area contributed by atoms with Crippen molar-refractivity contribution in [1.82, 2.24) is 24.9 Å². The van der Waals surface area contributed by atoms with Crippen molar-refractivity contribution in [2.75, 3.05) is 6.54 Å². The van der Waals surface area contributed by atoms with E-state index in [-0.39, 0.29) is 17.8 Å². The molecule has 0 spiro atoms. The van der Waals surface area contributed by atoms with Gasteiger partial charge in [0, 0.05) is 36.2 Å². The minimum atomic E-state index is -0.310. The molecule has 8 heteroatoms. The number of carbonyl (C=O) groups excluding carboxylic acids is 1. The lowest BCUT2D eigenvalue weighted by Gasteiger charge is -2.33. The Hall–Kier alpha value is -3.81. The highest BCUT2D eigenvalue weighted by Gasteiger charge is 2.25. The van der Waals surface area contributed by atoms with Gasteiger partial charge in [-0.3, -0.25) is 4.79 Å². The van der Waals surface area contributed by atoms with Crippen molar-refractivity contribution in [3.05, 3.63) is 71.4 Å². The maximum Gasteiger partial charge on any atom is 0.268 e. The molecule has 1 fully saturated rings. The summed E-state index contributed by atoms with van der Waals surface area (Å²) >= 11 is 0. The summed E-state index contributed by atoms with van der Waals surface area (Å²) in [6.07, 6.45) is 3.24. The summed E-state index contributed by atoms with van der Waals surface area (Å²) in [7, 11) is 0. The highest BCUT2D eigenvalue weighted by atomic mass is 19.1. The Kier molecular flexibility index (Phi) is 5.73. The lowest BCUT2D eigenvalue weighted by Crippen LogP contribution is -2.42. The van der Waals surface area contributed by atoms with Crippen molar-refractivity contribution in [3.8, 4) is 28.5 Å². The van der Waals surface area contributed by atoms with Crippen LogP contribution in [0.4, 0.5) is 4.39 Å². The van der Waals surface area contributed by atoms with Gasteiger partial charge in [0.15, 0.2) is 5.69 Å². The summed E-state index contributed by atoms with van der Waals surface area (Å²) in [5.41, 5.74) is 4.40. The number of carbonyl (C=O) groups is 1. The molecule has 1 aliphatic heterocycles. The number of hydrogen-bond acceptors (Lipinski definition) is 5. The number of aromatic nitrogens is 4. The SMILES string of the molecule is Cc1nnc(-c2nn(-c3ccc(C(=O)N4CCCC[C@@H]4C)cc3)c(-c3ccc(F)cc3)c2C)o1. The molecule has 3 heterocycles. The first-order valence-corrected chi connectivity index (χ1v) is 11.5. The fourth-order valence-corrected chi connectivity index (χ4v) is 4.54. The quantitative estimate of drug-likeness (QED) is 0.411. The van der Waals surface area contributed by atoms with Gasteiger partial charge in [0.2, 0.25) is 5.89 Å². The molecule has 0 aliphatic carbocycles. The molecule has 0 unspecified atom stereocenters. The van der Waals surface area contributed by atoms with Crippen molar-refractivity contribution in [2.45, 2.75) is 46.1 Å². The molecule has 2 aromatic heterocycles. The second-order valence-corrected chi connectivity index (χ2v) is 8.76. The first-order valence-electron chi connectivity index (χ1n) is 11.5. The highest BCUT2D eigenvalue weighted by molar-refractivity contribution is 5.94. The number of hydrogen-bond donors (Lipinski definition) is 0. The topological polar surface area (TPSA) is 77.1 Å². The minimum Gasteiger partial charge on any atom is -0.420 e. The highest BCUT2D eigenvalue weighted by Crippen LogP contribution is 2.33. The molecule has 1 amide bonds. The number of benzene rings is 2. The Morgan fingerprint density at radius 1 is 1.03 bits per heavy atom. The van der Waals surface area contributed by atoms with Crippen molar-refractivity contribution >= 4 is 5.91 Å². The summed E-state index contributed by atoms with van der Waals surface area (Å²) in [5, 5.41) is 12.8. The number of halogens is 1. The van der Waals surface area contributed by atoms with Gasteiger partial charge in [-0.1, -0.05) is 0 Å². The predicted octanol–water partition coefficient (Wildman–Crippen LogP) is 5.36. The van der Waals surface area contributed by atoms with E-state index in [1.165, 1.54) is 12.1 Å². The zero-order valence-corrected chi connectivity index (χ0v) is 19.5. The van der Waals surface area contributed by atoms with Gasteiger partial charge in [-0.2, -0.15) is 5.10 Å². The van der Waals surface area contributed by atoms with Crippen LogP contribution >= 0.6 is 0 Å². The average molecular weight is 460 g/mol. The van der Waals surface area contributed by atoms with Crippen LogP contribution in [-0.2, 0) is 0 Å². The van der Waals surface area contributed by atoms with E-state index in [2.05, 4.69) is 17.1 Å². The van der Waals surface area contributed by atoms with Gasteiger partial charge in [0.05, 0.1) is 11.4 Å². The molecule has 0 bridgehead atoms. The number of likely N-dealkylation sites (tertiary alicyclic amines) is 1. The van der Waals surface area contributed by atoms with Gasteiger partial charge in [-0.15, -0.1) is 10.2 Å². The molecule has 0 N–H and O–H groups in total. The van der Waals surface area contributed by atoms with Crippen molar-refractivity contribution in [1.29, 1.82) is 0 Å². The molecular weight excluding hydrogens is 433 g/mol. The van der Waals surface area contributed by atoms with Gasteiger partial charge >= 0.3 is 0 Å². The third-order valence-corrected chi connectivity index (χ3v) is 6.39. The van der Waals surface area contributed by atoms with Crippen LogP contribution in [0.3, 0.4) is 0 Å². The standard InChI is InChI=1S/C26H26FN5O2/c1-16-6-4-5-15-31(16)26(33)20-9-13-22(14-10-20)32-24(19-7-11-21(27)12-8-19)17(2)23(30-32)25-29-28-18(3)34-25/h7-14,16H,4-6,15H2,1-3H3/t16-/m0/s1. The molecular formula is C26H26FN5O2. The summed E-state index contributed by atoms with van der Waals surface area (Å²) in [6, 6.07) is 14.0. The molecule has 34 heavy (non-hydrogen) atoms. The number of nitrogens with zero attached hydrogens (tertiary/aromatic N) is 5. The number of aryl methyl sites for hydroxylation is 1. The Balaban J connectivity index is 1.56. The van der Waals surface area contributed by atoms with E-state index in [9.17, 15) is 9.18 Å². The van der Waals surface area contributed by atoms with E-state index in [0.29, 0.717) is 23.0 Å². The maximum absolute atomic E-state index is 13.6. The van der Waals surface area contributed by atoms with E-state index < -0.39 is 0 Å². The largest absolute Gasteiger partial charge is 0.420 e. The molecule has 174 valence electrons. The van der Waals surface area contributed by atoms with E-state index in [1.807, 2.05) is 36.1 Å². The number of piperidine rings is 1. The Labute approximate surface area is 197 Å². The molecule has 7 nitrogen and oxygen atoms in total. The van der Waals surface area contributed by atoms with Crippen LogP contribution in [0.1, 0.15) is 48.0 Å². The molecule has 5 rings (SSSR count). The average Bonchev–Trinajstić information content (AvgIpc) is 3.42. The summed E-state index contributed by atoms with van der Waals surface area (Å²) in [5.74, 6) is 0.510. The second kappa shape index (κ2) is 8.85. The molecule has 4 aromatic rings. The fraction of sp³-hybridized carbons (Fsp3) is 0.308. The fourth-order valence-electron chi connectivity index (χ4n) is 4.54. The third-order valence-electron chi connectivity index (χ3n) is 6.39. The van der Waals surface area contributed by atoms with Crippen LogP contribution in [0, 0.1) is 19.7 Å². The molecule has 0 saturated carbocycles. The minimum absolute atomic E-state index is 0.0520. The Bertz CT molecular complexity index is 1320. The lowest BCUT2D eigenvalue weighted by molar-refractivity contribution is 0.0635.